The lowest BCUT2D eigenvalue weighted by Crippen LogP contribution is -2.71. The van der Waals surface area contributed by atoms with Crippen molar-refractivity contribution in [3.8, 4) is 0 Å². The molecule has 2 heterocycles. The zero-order valence-corrected chi connectivity index (χ0v) is 15.5. The Kier molecular flexibility index (Phi) is 5.27. The van der Waals surface area contributed by atoms with Gasteiger partial charge in [0.15, 0.2) is 0 Å². The van der Waals surface area contributed by atoms with E-state index in [1.54, 1.807) is 31.2 Å². The van der Waals surface area contributed by atoms with Crippen molar-refractivity contribution < 1.29 is 19.5 Å². The molecule has 1 aromatic rings. The lowest BCUT2D eigenvalue weighted by atomic mass is 10.0. The monoisotopic (exact) mass is 395 g/mol. The molecule has 0 aliphatic carbocycles. The summed E-state index contributed by atoms with van der Waals surface area (Å²) in [6.45, 7) is 1.69. The predicted molar refractivity (Wildman–Crippen MR) is 98.3 cm³/mol. The van der Waals surface area contributed by atoms with Crippen LogP contribution in [0.4, 0.5) is 0 Å². The van der Waals surface area contributed by atoms with Crippen molar-refractivity contribution in [3.63, 3.8) is 0 Å². The van der Waals surface area contributed by atoms with Gasteiger partial charge in [-0.05, 0) is 23.6 Å². The third kappa shape index (κ3) is 3.20. The van der Waals surface area contributed by atoms with Crippen LogP contribution in [0.3, 0.4) is 0 Å². The summed E-state index contributed by atoms with van der Waals surface area (Å²) in [7, 11) is 0. The highest BCUT2D eigenvalue weighted by Crippen LogP contribution is 2.40. The molecule has 0 saturated carbocycles. The van der Waals surface area contributed by atoms with Crippen LogP contribution in [0.15, 0.2) is 35.5 Å². The Bertz CT molecular complexity index is 796. The number of alkyl halides is 1. The van der Waals surface area contributed by atoms with Crippen LogP contribution in [0.1, 0.15) is 24.1 Å². The van der Waals surface area contributed by atoms with Crippen LogP contribution in [-0.4, -0.2) is 45.0 Å². The number of benzene rings is 1. The summed E-state index contributed by atoms with van der Waals surface area (Å²) in [5, 5.41) is 11.5. The van der Waals surface area contributed by atoms with E-state index in [9.17, 15) is 19.5 Å². The molecule has 138 valence electrons. The first-order chi connectivity index (χ1) is 12.3. The number of halogens is 1. The number of carbonyl (C=O) groups excluding carboxylic acids is 2. The fourth-order valence-corrected chi connectivity index (χ4v) is 4.45. The van der Waals surface area contributed by atoms with Crippen LogP contribution in [0.2, 0.25) is 0 Å². The minimum Gasteiger partial charge on any atom is -0.477 e. The van der Waals surface area contributed by atoms with Crippen molar-refractivity contribution in [2.24, 2.45) is 5.73 Å². The van der Waals surface area contributed by atoms with Crippen molar-refractivity contribution in [3.05, 3.63) is 46.7 Å². The second kappa shape index (κ2) is 7.30. The van der Waals surface area contributed by atoms with Crippen LogP contribution in [0.5, 0.6) is 0 Å². The Morgan fingerprint density at radius 2 is 2.08 bits per heavy atom. The Labute approximate surface area is 159 Å². The normalized spacial score (nSPS) is 23.2. The number of nitrogens with two attached hydrogens (primary N) is 1. The Hall–Kier alpha value is -2.03. The van der Waals surface area contributed by atoms with Gasteiger partial charge in [0.05, 0.1) is 0 Å². The molecule has 0 spiro atoms. The maximum atomic E-state index is 12.4. The number of hydrogen-bond donors (Lipinski definition) is 3. The van der Waals surface area contributed by atoms with Gasteiger partial charge in [-0.3, -0.25) is 14.5 Å². The van der Waals surface area contributed by atoms with Crippen LogP contribution < -0.4 is 11.1 Å². The van der Waals surface area contributed by atoms with Gasteiger partial charge >= 0.3 is 5.97 Å². The maximum Gasteiger partial charge on any atom is 0.352 e. The highest BCUT2D eigenvalue weighted by Gasteiger charge is 2.53. The van der Waals surface area contributed by atoms with E-state index in [0.29, 0.717) is 22.8 Å². The second-order valence-electron chi connectivity index (χ2n) is 6.18. The molecule has 3 atom stereocenters. The average molecular weight is 396 g/mol. The van der Waals surface area contributed by atoms with E-state index in [1.165, 1.54) is 16.7 Å². The summed E-state index contributed by atoms with van der Waals surface area (Å²) in [5.41, 5.74) is 8.15. The van der Waals surface area contributed by atoms with Crippen molar-refractivity contribution in [2.75, 3.05) is 5.75 Å². The molecule has 1 fully saturated rings. The summed E-state index contributed by atoms with van der Waals surface area (Å²) < 4.78 is 0. The number of thioether (sulfide) groups is 1. The lowest BCUT2D eigenvalue weighted by Gasteiger charge is -2.49. The van der Waals surface area contributed by atoms with E-state index < -0.39 is 35.2 Å². The molecule has 26 heavy (non-hydrogen) atoms. The number of aliphatic carboxylic acids is 1. The van der Waals surface area contributed by atoms with Gasteiger partial charge in [-0.15, -0.1) is 23.4 Å². The van der Waals surface area contributed by atoms with Crippen LogP contribution in [-0.2, 0) is 20.3 Å². The van der Waals surface area contributed by atoms with Gasteiger partial charge in [-0.2, -0.15) is 0 Å². The number of rotatable bonds is 5. The van der Waals surface area contributed by atoms with Gasteiger partial charge in [0.1, 0.15) is 23.2 Å². The minimum absolute atomic E-state index is 0.00482. The number of carboxylic acid groups (broad SMARTS) is 1. The van der Waals surface area contributed by atoms with E-state index in [1.807, 2.05) is 0 Å². The van der Waals surface area contributed by atoms with Gasteiger partial charge in [0, 0.05) is 11.6 Å². The standard InChI is InChI=1S/C17H18ClN3O4S/c1-8-7-26-16-12(15(23)21(16)13(8)17(24)25)20-14(22)11(19)10-4-2-9(6-18)3-5-10/h2-5,11-12,16H,6-7,19H2,1H3,(H,20,22)(H,24,25). The SMILES string of the molecule is CC1=C(C(=O)O)N2C(=O)C(NC(=O)C(N)c3ccc(CCl)cc3)C2SC1. The van der Waals surface area contributed by atoms with Crippen LogP contribution in [0, 0.1) is 0 Å². The number of amides is 2. The molecule has 7 nitrogen and oxygen atoms in total. The number of fused-ring (bicyclic) bond motifs is 1. The number of β-lactam (4-membered cyclic amide) rings is 1. The Morgan fingerprint density at radius 3 is 2.65 bits per heavy atom. The molecule has 0 radical (unpaired) electrons. The van der Waals surface area contributed by atoms with Gasteiger partial charge in [0.2, 0.25) is 5.91 Å². The van der Waals surface area contributed by atoms with E-state index in [0.717, 1.165) is 5.56 Å². The van der Waals surface area contributed by atoms with Crippen LogP contribution >= 0.6 is 23.4 Å². The molecule has 2 amide bonds. The molecule has 2 aliphatic rings. The molecule has 0 bridgehead atoms. The van der Waals surface area contributed by atoms with Gasteiger partial charge in [0.25, 0.3) is 5.91 Å². The fraction of sp³-hybridized carbons (Fsp3) is 0.353. The molecule has 1 saturated heterocycles. The van der Waals surface area contributed by atoms with E-state index in [4.69, 9.17) is 17.3 Å². The summed E-state index contributed by atoms with van der Waals surface area (Å²) in [4.78, 5) is 37.4. The first-order valence-corrected chi connectivity index (χ1v) is 9.52. The topological polar surface area (TPSA) is 113 Å². The molecular weight excluding hydrogens is 378 g/mol. The van der Waals surface area contributed by atoms with E-state index in [-0.39, 0.29) is 5.70 Å². The number of nitrogens with one attached hydrogen (secondary N) is 1. The van der Waals surface area contributed by atoms with Gasteiger partial charge in [-0.25, -0.2) is 4.79 Å². The summed E-state index contributed by atoms with van der Waals surface area (Å²) in [6, 6.07) is 5.32. The highest BCUT2D eigenvalue weighted by molar-refractivity contribution is 8.00. The zero-order chi connectivity index (χ0) is 19.0. The summed E-state index contributed by atoms with van der Waals surface area (Å²) in [6.07, 6.45) is 0. The number of nitrogens with zero attached hydrogens (tertiary/aromatic N) is 1. The van der Waals surface area contributed by atoms with Crippen molar-refractivity contribution >= 4 is 41.1 Å². The van der Waals surface area contributed by atoms with Crippen molar-refractivity contribution in [2.45, 2.75) is 30.3 Å². The third-order valence-electron chi connectivity index (χ3n) is 4.43. The van der Waals surface area contributed by atoms with E-state index in [2.05, 4.69) is 5.32 Å². The molecule has 2 aliphatic heterocycles. The molecule has 4 N–H and O–H groups in total. The molecule has 0 aromatic heterocycles. The zero-order valence-electron chi connectivity index (χ0n) is 13.9. The summed E-state index contributed by atoms with van der Waals surface area (Å²) >= 11 is 7.16. The highest BCUT2D eigenvalue weighted by atomic mass is 35.5. The molecule has 9 heteroatoms. The average Bonchev–Trinajstić information content (AvgIpc) is 2.64. The molecule has 3 unspecified atom stereocenters. The number of hydrogen-bond acceptors (Lipinski definition) is 5. The Morgan fingerprint density at radius 1 is 1.42 bits per heavy atom. The van der Waals surface area contributed by atoms with Crippen molar-refractivity contribution in [1.29, 1.82) is 0 Å². The fourth-order valence-electron chi connectivity index (χ4n) is 2.98. The second-order valence-corrected chi connectivity index (χ2v) is 7.56. The lowest BCUT2D eigenvalue weighted by molar-refractivity contribution is -0.150. The van der Waals surface area contributed by atoms with Crippen molar-refractivity contribution in [1.82, 2.24) is 10.2 Å². The van der Waals surface area contributed by atoms with E-state index >= 15 is 0 Å². The molecular formula is C17H18ClN3O4S. The smallest absolute Gasteiger partial charge is 0.352 e. The minimum atomic E-state index is -1.14. The largest absolute Gasteiger partial charge is 0.477 e. The summed E-state index contributed by atoms with van der Waals surface area (Å²) in [5.74, 6) is -1.19. The quantitative estimate of drug-likeness (QED) is 0.509. The first kappa shape index (κ1) is 18.8. The van der Waals surface area contributed by atoms with Crippen LogP contribution in [0.25, 0.3) is 0 Å². The maximum absolute atomic E-state index is 12.4. The number of carboxylic acids is 1. The third-order valence-corrected chi connectivity index (χ3v) is 6.17. The Balaban J connectivity index is 1.69. The van der Waals surface area contributed by atoms with Gasteiger partial charge in [-0.1, -0.05) is 24.3 Å². The number of carbonyl (C=O) groups is 3. The first-order valence-electron chi connectivity index (χ1n) is 7.93. The van der Waals surface area contributed by atoms with Gasteiger partial charge < -0.3 is 16.2 Å². The molecule has 3 rings (SSSR count). The molecule has 1 aromatic carbocycles. The predicted octanol–water partition coefficient (Wildman–Crippen LogP) is 1.18.